The van der Waals surface area contributed by atoms with Crippen molar-refractivity contribution < 1.29 is 22.0 Å². The average Bonchev–Trinajstić information content (AvgIpc) is 2.28. The Balaban J connectivity index is 1.85. The number of hydrogen-bond acceptors (Lipinski definition) is 2. The van der Waals surface area contributed by atoms with E-state index in [1.165, 1.54) is 17.0 Å². The van der Waals surface area contributed by atoms with E-state index in [2.05, 4.69) is 5.32 Å². The van der Waals surface area contributed by atoms with Crippen molar-refractivity contribution in [3.05, 3.63) is 29.8 Å². The van der Waals surface area contributed by atoms with Gasteiger partial charge >= 0.3 is 6.18 Å². The lowest BCUT2D eigenvalue weighted by Gasteiger charge is -2.33. The zero-order valence-electron chi connectivity index (χ0n) is 10.7. The van der Waals surface area contributed by atoms with Crippen LogP contribution in [0, 0.1) is 11.6 Å². The van der Waals surface area contributed by atoms with Gasteiger partial charge < -0.3 is 5.32 Å². The number of anilines is 1. The van der Waals surface area contributed by atoms with Crippen LogP contribution in [0.3, 0.4) is 0 Å². The fraction of sp³-hybridized carbons (Fsp3) is 0.538. The van der Waals surface area contributed by atoms with Crippen molar-refractivity contribution in [2.75, 3.05) is 25.0 Å². The minimum absolute atomic E-state index is 0.0688. The number of piperidine rings is 1. The zero-order valence-corrected chi connectivity index (χ0v) is 10.7. The van der Waals surface area contributed by atoms with Crippen LogP contribution in [0.25, 0.3) is 0 Å². The van der Waals surface area contributed by atoms with Gasteiger partial charge in [0.1, 0.15) is 11.6 Å². The van der Waals surface area contributed by atoms with Gasteiger partial charge in [0, 0.05) is 30.9 Å². The van der Waals surface area contributed by atoms with Crippen LogP contribution < -0.4 is 5.32 Å². The normalized spacial score (nSPS) is 18.2. The second-order valence-corrected chi connectivity index (χ2v) is 4.97. The molecule has 7 heteroatoms. The van der Waals surface area contributed by atoms with Gasteiger partial charge in [0.2, 0.25) is 0 Å². The van der Waals surface area contributed by atoms with Gasteiger partial charge in [0.05, 0.1) is 6.54 Å². The molecule has 0 bridgehead atoms. The fourth-order valence-corrected chi connectivity index (χ4v) is 2.36. The topological polar surface area (TPSA) is 15.3 Å². The van der Waals surface area contributed by atoms with Gasteiger partial charge in [0.15, 0.2) is 0 Å². The van der Waals surface area contributed by atoms with E-state index >= 15 is 0 Å². The lowest BCUT2D eigenvalue weighted by molar-refractivity contribution is -0.147. The molecule has 1 N–H and O–H groups in total. The summed E-state index contributed by atoms with van der Waals surface area (Å²) >= 11 is 0. The molecule has 0 aromatic heterocycles. The third kappa shape index (κ3) is 4.63. The Hall–Kier alpha value is -1.37. The molecule has 1 fully saturated rings. The number of likely N-dealkylation sites (tertiary alicyclic amines) is 1. The summed E-state index contributed by atoms with van der Waals surface area (Å²) < 4.78 is 62.7. The summed E-state index contributed by atoms with van der Waals surface area (Å²) in [6, 6.07) is 3.05. The second kappa shape index (κ2) is 5.95. The molecule has 0 unspecified atom stereocenters. The monoisotopic (exact) mass is 294 g/mol. The zero-order chi connectivity index (χ0) is 14.8. The number of benzene rings is 1. The van der Waals surface area contributed by atoms with Crippen LogP contribution in [-0.2, 0) is 0 Å². The Morgan fingerprint density at radius 1 is 1.05 bits per heavy atom. The van der Waals surface area contributed by atoms with Crippen molar-refractivity contribution in [1.29, 1.82) is 0 Å². The van der Waals surface area contributed by atoms with E-state index in [0.29, 0.717) is 31.6 Å². The van der Waals surface area contributed by atoms with Crippen LogP contribution >= 0.6 is 0 Å². The van der Waals surface area contributed by atoms with Gasteiger partial charge in [-0.3, -0.25) is 4.90 Å². The molecule has 0 aliphatic carbocycles. The largest absolute Gasteiger partial charge is 0.401 e. The molecule has 112 valence electrons. The van der Waals surface area contributed by atoms with Gasteiger partial charge in [-0.25, -0.2) is 8.78 Å². The van der Waals surface area contributed by atoms with E-state index in [0.717, 1.165) is 6.07 Å². The van der Waals surface area contributed by atoms with Crippen molar-refractivity contribution in [2.24, 2.45) is 0 Å². The summed E-state index contributed by atoms with van der Waals surface area (Å²) in [6.07, 6.45) is -3.17. The molecule has 1 aliphatic rings. The van der Waals surface area contributed by atoms with Gasteiger partial charge in [-0.05, 0) is 25.0 Å². The highest BCUT2D eigenvalue weighted by Crippen LogP contribution is 2.22. The number of halogens is 5. The maximum Gasteiger partial charge on any atom is 0.401 e. The second-order valence-electron chi connectivity index (χ2n) is 4.97. The van der Waals surface area contributed by atoms with E-state index in [9.17, 15) is 22.0 Å². The minimum atomic E-state index is -4.19. The summed E-state index contributed by atoms with van der Waals surface area (Å²) in [7, 11) is 0. The first kappa shape index (κ1) is 15.0. The van der Waals surface area contributed by atoms with Crippen molar-refractivity contribution in [3.63, 3.8) is 0 Å². The Kier molecular flexibility index (Phi) is 4.47. The highest BCUT2D eigenvalue weighted by atomic mass is 19.4. The van der Waals surface area contributed by atoms with Crippen LogP contribution in [0.5, 0.6) is 0 Å². The van der Waals surface area contributed by atoms with E-state index in [1.54, 1.807) is 0 Å². The molecule has 2 rings (SSSR count). The highest BCUT2D eigenvalue weighted by molar-refractivity contribution is 5.44. The third-order valence-electron chi connectivity index (χ3n) is 3.22. The lowest BCUT2D eigenvalue weighted by Crippen LogP contribution is -2.43. The first-order valence-electron chi connectivity index (χ1n) is 6.33. The van der Waals surface area contributed by atoms with Crippen LogP contribution in [0.4, 0.5) is 27.6 Å². The third-order valence-corrected chi connectivity index (χ3v) is 3.22. The number of nitrogens with one attached hydrogen (secondary N) is 1. The smallest absolute Gasteiger partial charge is 0.382 e. The molecule has 2 nitrogen and oxygen atoms in total. The maximum absolute atomic E-state index is 13.0. The molecule has 0 amide bonds. The molecular weight excluding hydrogens is 279 g/mol. The molecule has 0 saturated carbocycles. The van der Waals surface area contributed by atoms with Crippen LogP contribution in [0.2, 0.25) is 0 Å². The summed E-state index contributed by atoms with van der Waals surface area (Å²) in [6.45, 7) is -0.280. The standard InChI is InChI=1S/C13H15F5N2/c14-9-5-10(15)7-12(6-9)19-11-1-3-20(4-2-11)8-13(16,17)18/h5-7,11,19H,1-4,8H2. The fourth-order valence-electron chi connectivity index (χ4n) is 2.36. The molecule has 1 saturated heterocycles. The molecule has 1 aromatic rings. The summed E-state index contributed by atoms with van der Waals surface area (Å²) in [5, 5.41) is 2.96. The van der Waals surface area contributed by atoms with E-state index in [1.807, 2.05) is 0 Å². The van der Waals surface area contributed by atoms with E-state index in [-0.39, 0.29) is 6.04 Å². The lowest BCUT2D eigenvalue weighted by atomic mass is 10.0. The number of alkyl halides is 3. The Morgan fingerprint density at radius 2 is 1.60 bits per heavy atom. The first-order chi connectivity index (χ1) is 9.32. The van der Waals surface area contributed by atoms with Gasteiger partial charge in [-0.15, -0.1) is 0 Å². The minimum Gasteiger partial charge on any atom is -0.382 e. The molecule has 0 atom stereocenters. The highest BCUT2D eigenvalue weighted by Gasteiger charge is 2.32. The molecule has 20 heavy (non-hydrogen) atoms. The maximum atomic E-state index is 13.0. The predicted octanol–water partition coefficient (Wildman–Crippen LogP) is 3.40. The summed E-state index contributed by atoms with van der Waals surface area (Å²) in [4.78, 5) is 1.34. The molecule has 1 aliphatic heterocycles. The molecule has 0 spiro atoms. The number of rotatable bonds is 3. The quantitative estimate of drug-likeness (QED) is 0.860. The molecule has 1 heterocycles. The summed E-state index contributed by atoms with van der Waals surface area (Å²) in [5.41, 5.74) is 0.316. The van der Waals surface area contributed by atoms with Crippen LogP contribution in [0.1, 0.15) is 12.8 Å². The van der Waals surface area contributed by atoms with Crippen LogP contribution in [0.15, 0.2) is 18.2 Å². The van der Waals surface area contributed by atoms with Crippen molar-refractivity contribution >= 4 is 5.69 Å². The first-order valence-corrected chi connectivity index (χ1v) is 6.33. The molecule has 0 radical (unpaired) electrons. The SMILES string of the molecule is Fc1cc(F)cc(NC2CCN(CC(F)(F)F)CC2)c1. The average molecular weight is 294 g/mol. The van der Waals surface area contributed by atoms with Gasteiger partial charge in [-0.1, -0.05) is 0 Å². The van der Waals surface area contributed by atoms with Gasteiger partial charge in [-0.2, -0.15) is 13.2 Å². The van der Waals surface area contributed by atoms with Crippen molar-refractivity contribution in [3.8, 4) is 0 Å². The molecule has 1 aromatic carbocycles. The Morgan fingerprint density at radius 3 is 2.10 bits per heavy atom. The summed E-state index contributed by atoms with van der Waals surface area (Å²) in [5.74, 6) is -1.36. The van der Waals surface area contributed by atoms with E-state index < -0.39 is 24.4 Å². The Bertz CT molecular complexity index is 432. The van der Waals surface area contributed by atoms with Crippen molar-refractivity contribution in [2.45, 2.75) is 25.1 Å². The molecular formula is C13H15F5N2. The Labute approximate surface area is 113 Å². The number of nitrogens with zero attached hydrogens (tertiary/aromatic N) is 1. The predicted molar refractivity (Wildman–Crippen MR) is 65.5 cm³/mol. The van der Waals surface area contributed by atoms with Gasteiger partial charge in [0.25, 0.3) is 0 Å². The van der Waals surface area contributed by atoms with Crippen molar-refractivity contribution in [1.82, 2.24) is 4.90 Å². The van der Waals surface area contributed by atoms with E-state index in [4.69, 9.17) is 0 Å². The number of hydrogen-bond donors (Lipinski definition) is 1. The van der Waals surface area contributed by atoms with Crippen LogP contribution in [-0.4, -0.2) is 36.8 Å².